The van der Waals surface area contributed by atoms with Crippen molar-refractivity contribution in [3.63, 3.8) is 0 Å². The number of carbonyl (C=O) groups is 3. The van der Waals surface area contributed by atoms with Gasteiger partial charge in [0.15, 0.2) is 6.61 Å². The quantitative estimate of drug-likeness (QED) is 0.397. The Balaban J connectivity index is 1.58. The van der Waals surface area contributed by atoms with Crippen molar-refractivity contribution in [1.82, 2.24) is 0 Å². The second kappa shape index (κ2) is 11.7. The van der Waals surface area contributed by atoms with E-state index in [1.807, 2.05) is 0 Å². The third-order valence-electron chi connectivity index (χ3n) is 5.11. The van der Waals surface area contributed by atoms with Crippen LogP contribution in [-0.4, -0.2) is 37.7 Å². The Morgan fingerprint density at radius 3 is 2.62 bits per heavy atom. The molecule has 0 bridgehead atoms. The maximum Gasteiger partial charge on any atom is 0.387 e. The van der Waals surface area contributed by atoms with E-state index in [-0.39, 0.29) is 12.4 Å². The molecule has 2 aromatic rings. The Morgan fingerprint density at radius 1 is 1.21 bits per heavy atom. The highest BCUT2D eigenvalue weighted by Gasteiger charge is 2.29. The van der Waals surface area contributed by atoms with Crippen LogP contribution in [0.3, 0.4) is 0 Å². The topological polar surface area (TPSA) is 90.9 Å². The number of amides is 1. The number of anilines is 1. The minimum Gasteiger partial charge on any atom is -0.462 e. The number of alkyl halides is 2. The average molecular weight is 494 g/mol. The molecule has 7 nitrogen and oxygen atoms in total. The normalized spacial score (nSPS) is 15.1. The standard InChI is InChI=1S/C24H25F2NO6S/c1-3-31-23(30)21-17-10-4-14(2)12-18(17)34-22(21)27-19(28)13-32-20(29)11-7-15-5-8-16(9-6-15)33-24(25)26/h5-9,11,14,24H,3-4,10,12-13H2,1-2H3,(H,27,28)/b11-7+/t14-/m0/s1. The van der Waals surface area contributed by atoms with E-state index in [1.54, 1.807) is 6.92 Å². The summed E-state index contributed by atoms with van der Waals surface area (Å²) in [5.41, 5.74) is 1.86. The third kappa shape index (κ3) is 6.86. The predicted molar refractivity (Wildman–Crippen MR) is 123 cm³/mol. The molecule has 1 aromatic heterocycles. The molecule has 0 radical (unpaired) electrons. The zero-order valence-corrected chi connectivity index (χ0v) is 19.6. The Hall–Kier alpha value is -3.27. The first-order valence-electron chi connectivity index (χ1n) is 10.8. The number of esters is 2. The number of benzene rings is 1. The molecule has 34 heavy (non-hydrogen) atoms. The highest BCUT2D eigenvalue weighted by molar-refractivity contribution is 7.17. The summed E-state index contributed by atoms with van der Waals surface area (Å²) in [4.78, 5) is 37.9. The second-order valence-corrected chi connectivity index (χ2v) is 8.82. The van der Waals surface area contributed by atoms with Crippen molar-refractivity contribution >= 4 is 40.3 Å². The SMILES string of the molecule is CCOC(=O)c1c(NC(=O)COC(=O)/C=C/c2ccc(OC(F)F)cc2)sc2c1CC[C@H](C)C2. The number of fused-ring (bicyclic) bond motifs is 1. The monoisotopic (exact) mass is 493 g/mol. The molecule has 0 fully saturated rings. The van der Waals surface area contributed by atoms with Crippen molar-refractivity contribution in [2.75, 3.05) is 18.5 Å². The van der Waals surface area contributed by atoms with Crippen molar-refractivity contribution in [2.24, 2.45) is 5.92 Å². The highest BCUT2D eigenvalue weighted by atomic mass is 32.1. The Kier molecular flexibility index (Phi) is 8.75. The first-order chi connectivity index (χ1) is 16.3. The van der Waals surface area contributed by atoms with Gasteiger partial charge in [-0.15, -0.1) is 11.3 Å². The number of rotatable bonds is 9. The van der Waals surface area contributed by atoms with E-state index >= 15 is 0 Å². The summed E-state index contributed by atoms with van der Waals surface area (Å²) in [5.74, 6) is -1.32. The van der Waals surface area contributed by atoms with Gasteiger partial charge in [0.2, 0.25) is 0 Å². The summed E-state index contributed by atoms with van der Waals surface area (Å²) in [6.45, 7) is 0.628. The number of ether oxygens (including phenoxy) is 3. The first kappa shape index (κ1) is 25.4. The second-order valence-electron chi connectivity index (χ2n) is 7.71. The van der Waals surface area contributed by atoms with Crippen LogP contribution in [0.25, 0.3) is 6.08 Å². The van der Waals surface area contributed by atoms with Crippen LogP contribution in [0.2, 0.25) is 0 Å². The lowest BCUT2D eigenvalue weighted by Gasteiger charge is -2.18. The molecule has 0 saturated heterocycles. The van der Waals surface area contributed by atoms with E-state index < -0.39 is 31.1 Å². The molecule has 1 aliphatic rings. The fraction of sp³-hybridized carbons (Fsp3) is 0.375. The molecule has 0 aliphatic heterocycles. The summed E-state index contributed by atoms with van der Waals surface area (Å²) < 4.78 is 38.8. The molecule has 0 saturated carbocycles. The van der Waals surface area contributed by atoms with Crippen molar-refractivity contribution in [2.45, 2.75) is 39.7 Å². The van der Waals surface area contributed by atoms with Gasteiger partial charge in [-0.2, -0.15) is 8.78 Å². The fourth-order valence-corrected chi connectivity index (χ4v) is 4.95. The van der Waals surface area contributed by atoms with Crippen LogP contribution in [0.4, 0.5) is 13.8 Å². The Morgan fingerprint density at radius 2 is 1.94 bits per heavy atom. The lowest BCUT2D eigenvalue weighted by atomic mass is 9.88. The van der Waals surface area contributed by atoms with Gasteiger partial charge in [0.1, 0.15) is 10.8 Å². The van der Waals surface area contributed by atoms with Crippen LogP contribution < -0.4 is 10.1 Å². The Bertz CT molecular complexity index is 1060. The maximum atomic E-state index is 12.5. The molecular weight excluding hydrogens is 468 g/mol. The number of halogens is 2. The van der Waals surface area contributed by atoms with Gasteiger partial charge in [-0.05, 0) is 61.4 Å². The van der Waals surface area contributed by atoms with Gasteiger partial charge < -0.3 is 19.5 Å². The lowest BCUT2D eigenvalue weighted by Crippen LogP contribution is -2.21. The number of hydrogen-bond donors (Lipinski definition) is 1. The third-order valence-corrected chi connectivity index (χ3v) is 6.28. The molecule has 1 aromatic carbocycles. The molecule has 1 N–H and O–H groups in total. The number of hydrogen-bond acceptors (Lipinski definition) is 7. The smallest absolute Gasteiger partial charge is 0.387 e. The van der Waals surface area contributed by atoms with Gasteiger partial charge in [-0.3, -0.25) is 4.79 Å². The molecular formula is C24H25F2NO6S. The largest absolute Gasteiger partial charge is 0.462 e. The van der Waals surface area contributed by atoms with Crippen LogP contribution in [0, 0.1) is 5.92 Å². The van der Waals surface area contributed by atoms with Gasteiger partial charge >= 0.3 is 18.6 Å². The van der Waals surface area contributed by atoms with E-state index in [1.165, 1.54) is 41.7 Å². The molecule has 182 valence electrons. The highest BCUT2D eigenvalue weighted by Crippen LogP contribution is 2.40. The molecule has 1 atom stereocenters. The fourth-order valence-electron chi connectivity index (χ4n) is 3.53. The van der Waals surface area contributed by atoms with E-state index in [2.05, 4.69) is 17.0 Å². The van der Waals surface area contributed by atoms with Crippen molar-refractivity contribution in [3.05, 3.63) is 51.9 Å². The minimum absolute atomic E-state index is 0.00157. The molecule has 3 rings (SSSR count). The molecule has 0 unspecified atom stereocenters. The van der Waals surface area contributed by atoms with Gasteiger partial charge in [-0.25, -0.2) is 9.59 Å². The zero-order valence-electron chi connectivity index (χ0n) is 18.8. The summed E-state index contributed by atoms with van der Waals surface area (Å²) in [7, 11) is 0. The number of nitrogens with one attached hydrogen (secondary N) is 1. The predicted octanol–water partition coefficient (Wildman–Crippen LogP) is 4.85. The Labute approximate surface area is 199 Å². The molecule has 1 heterocycles. The summed E-state index contributed by atoms with van der Waals surface area (Å²) >= 11 is 1.35. The van der Waals surface area contributed by atoms with Crippen LogP contribution in [0.15, 0.2) is 30.3 Å². The molecule has 10 heteroatoms. The molecule has 0 spiro atoms. The zero-order chi connectivity index (χ0) is 24.7. The number of carbonyl (C=O) groups excluding carboxylic acids is 3. The lowest BCUT2D eigenvalue weighted by molar-refractivity contribution is -0.142. The van der Waals surface area contributed by atoms with Crippen molar-refractivity contribution in [1.29, 1.82) is 0 Å². The van der Waals surface area contributed by atoms with E-state index in [0.717, 1.165) is 35.8 Å². The van der Waals surface area contributed by atoms with Crippen LogP contribution in [0.1, 0.15) is 46.6 Å². The van der Waals surface area contributed by atoms with Crippen molar-refractivity contribution in [3.8, 4) is 5.75 Å². The molecule has 1 amide bonds. The van der Waals surface area contributed by atoms with Gasteiger partial charge in [-0.1, -0.05) is 19.1 Å². The summed E-state index contributed by atoms with van der Waals surface area (Å²) in [5, 5.41) is 3.08. The van der Waals surface area contributed by atoms with E-state index in [4.69, 9.17) is 9.47 Å². The van der Waals surface area contributed by atoms with Crippen LogP contribution in [-0.2, 0) is 31.9 Å². The summed E-state index contributed by atoms with van der Waals surface area (Å²) in [6.07, 6.45) is 5.06. The number of thiophene rings is 1. The van der Waals surface area contributed by atoms with Crippen LogP contribution >= 0.6 is 11.3 Å². The maximum absolute atomic E-state index is 12.5. The molecule has 1 aliphatic carbocycles. The van der Waals surface area contributed by atoms with Crippen molar-refractivity contribution < 1.29 is 37.4 Å². The average Bonchev–Trinajstić information content (AvgIpc) is 3.13. The van der Waals surface area contributed by atoms with E-state index in [9.17, 15) is 23.2 Å². The van der Waals surface area contributed by atoms with E-state index in [0.29, 0.717) is 22.0 Å². The summed E-state index contributed by atoms with van der Waals surface area (Å²) in [6, 6.07) is 5.66. The van der Waals surface area contributed by atoms with Crippen LogP contribution in [0.5, 0.6) is 5.75 Å². The van der Waals surface area contributed by atoms with Gasteiger partial charge in [0.25, 0.3) is 5.91 Å². The van der Waals surface area contributed by atoms with Gasteiger partial charge in [0.05, 0.1) is 12.2 Å². The van der Waals surface area contributed by atoms with Gasteiger partial charge in [0, 0.05) is 11.0 Å². The first-order valence-corrected chi connectivity index (χ1v) is 11.6. The minimum atomic E-state index is -2.92.